The fraction of sp³-hybridized carbons (Fsp3) is 0.889. The van der Waals surface area contributed by atoms with Crippen molar-refractivity contribution in [2.24, 2.45) is 10.9 Å². The van der Waals surface area contributed by atoms with E-state index in [-0.39, 0.29) is 30.1 Å². The van der Waals surface area contributed by atoms with Gasteiger partial charge in [0.2, 0.25) is 0 Å². The molecule has 1 aliphatic heterocycles. The summed E-state index contributed by atoms with van der Waals surface area (Å²) < 4.78 is 5.20. The van der Waals surface area contributed by atoms with E-state index in [1.165, 1.54) is 32.4 Å². The number of alkyl carbamates (subject to hydrolysis) is 1. The van der Waals surface area contributed by atoms with Crippen LogP contribution in [-0.2, 0) is 4.74 Å². The summed E-state index contributed by atoms with van der Waals surface area (Å²) in [5, 5.41) is 9.48. The van der Waals surface area contributed by atoms with Crippen LogP contribution in [0.5, 0.6) is 0 Å². The Hall–Kier alpha value is -0.770. The first-order valence-electron chi connectivity index (χ1n) is 9.53. The lowest BCUT2D eigenvalue weighted by Crippen LogP contribution is -2.41. The maximum atomic E-state index is 11.5. The summed E-state index contributed by atoms with van der Waals surface area (Å²) >= 11 is 0. The molecule has 1 aliphatic carbocycles. The zero-order valence-corrected chi connectivity index (χ0v) is 19.0. The highest BCUT2D eigenvalue weighted by Gasteiger charge is 2.34. The highest BCUT2D eigenvalue weighted by Crippen LogP contribution is 2.31. The van der Waals surface area contributed by atoms with Crippen LogP contribution in [0.1, 0.15) is 46.5 Å². The molecular weight excluding hydrogens is 445 g/mol. The number of hydrogen-bond donors (Lipinski definition) is 3. The Morgan fingerprint density at radius 3 is 2.46 bits per heavy atom. The van der Waals surface area contributed by atoms with E-state index in [0.717, 1.165) is 31.5 Å². The first kappa shape index (κ1) is 23.3. The number of rotatable bonds is 7. The van der Waals surface area contributed by atoms with Crippen molar-refractivity contribution >= 4 is 36.0 Å². The summed E-state index contributed by atoms with van der Waals surface area (Å²) in [5.41, 5.74) is -0.455. The van der Waals surface area contributed by atoms with Crippen molar-refractivity contribution in [1.82, 2.24) is 20.9 Å². The maximum Gasteiger partial charge on any atom is 0.407 e. The third kappa shape index (κ3) is 9.25. The lowest BCUT2D eigenvalue weighted by atomic mass is 10.1. The van der Waals surface area contributed by atoms with Gasteiger partial charge in [0.15, 0.2) is 5.96 Å². The second-order valence-corrected chi connectivity index (χ2v) is 8.04. The quantitative estimate of drug-likeness (QED) is 0.225. The van der Waals surface area contributed by atoms with Gasteiger partial charge in [0.25, 0.3) is 0 Å². The molecule has 2 fully saturated rings. The van der Waals surface area contributed by atoms with Gasteiger partial charge in [-0.1, -0.05) is 0 Å². The van der Waals surface area contributed by atoms with Crippen LogP contribution in [0.25, 0.3) is 0 Å². The van der Waals surface area contributed by atoms with Crippen molar-refractivity contribution in [3.63, 3.8) is 0 Å². The third-order valence-corrected chi connectivity index (χ3v) is 4.48. The standard InChI is InChI=1S/C18H35N5O2.HI/c1-18(2,3)25-17(24)21-10-5-9-20-16(19-4)22-12-14-8-11-23(13-14)15-6-7-15;/h14-15H,5-13H2,1-4H3,(H,21,24)(H2,19,20,22);1H. The lowest BCUT2D eigenvalue weighted by Gasteiger charge is -2.19. The van der Waals surface area contributed by atoms with Gasteiger partial charge in [0.05, 0.1) is 0 Å². The molecule has 1 heterocycles. The van der Waals surface area contributed by atoms with Crippen LogP contribution in [0, 0.1) is 5.92 Å². The summed E-state index contributed by atoms with van der Waals surface area (Å²) in [4.78, 5) is 18.4. The fourth-order valence-corrected chi connectivity index (χ4v) is 3.06. The van der Waals surface area contributed by atoms with Crippen LogP contribution in [0.3, 0.4) is 0 Å². The van der Waals surface area contributed by atoms with Crippen molar-refractivity contribution in [2.75, 3.05) is 39.8 Å². The van der Waals surface area contributed by atoms with E-state index < -0.39 is 5.60 Å². The van der Waals surface area contributed by atoms with Gasteiger partial charge in [0, 0.05) is 39.3 Å². The number of carbonyl (C=O) groups is 1. The van der Waals surface area contributed by atoms with Gasteiger partial charge < -0.3 is 25.6 Å². The summed E-state index contributed by atoms with van der Waals surface area (Å²) in [6, 6.07) is 0.875. The average Bonchev–Trinajstić information content (AvgIpc) is 3.27. The molecule has 3 N–H and O–H groups in total. The number of carbonyl (C=O) groups excluding carboxylic acids is 1. The molecule has 0 radical (unpaired) electrons. The first-order valence-corrected chi connectivity index (χ1v) is 9.53. The largest absolute Gasteiger partial charge is 0.444 e. The first-order chi connectivity index (χ1) is 11.9. The number of nitrogens with zero attached hydrogens (tertiary/aromatic N) is 2. The molecule has 0 aromatic heterocycles. The Morgan fingerprint density at radius 2 is 1.85 bits per heavy atom. The number of likely N-dealkylation sites (tertiary alicyclic amines) is 1. The number of aliphatic imine (C=N–C) groups is 1. The molecule has 8 heteroatoms. The molecule has 2 aliphatic rings. The molecule has 1 amide bonds. The summed E-state index contributed by atoms with van der Waals surface area (Å²) in [6.07, 6.45) is 4.51. The predicted molar refractivity (Wildman–Crippen MR) is 116 cm³/mol. The number of ether oxygens (including phenoxy) is 1. The smallest absolute Gasteiger partial charge is 0.407 e. The molecule has 2 rings (SSSR count). The van der Waals surface area contributed by atoms with Crippen LogP contribution in [0.15, 0.2) is 4.99 Å². The van der Waals surface area contributed by atoms with E-state index in [1.54, 1.807) is 7.05 Å². The number of guanidine groups is 1. The Bertz CT molecular complexity index is 463. The highest BCUT2D eigenvalue weighted by molar-refractivity contribution is 14.0. The molecule has 1 atom stereocenters. The molecular formula is C18H36IN5O2. The Kier molecular flexibility index (Phi) is 9.99. The van der Waals surface area contributed by atoms with E-state index in [9.17, 15) is 4.79 Å². The van der Waals surface area contributed by atoms with Crippen molar-refractivity contribution in [1.29, 1.82) is 0 Å². The zero-order valence-electron chi connectivity index (χ0n) is 16.6. The summed E-state index contributed by atoms with van der Waals surface area (Å²) in [6.45, 7) is 10.4. The fourth-order valence-electron chi connectivity index (χ4n) is 3.06. The SMILES string of the molecule is CN=C(NCCCNC(=O)OC(C)(C)C)NCC1CCN(C2CC2)C1.I. The van der Waals surface area contributed by atoms with Gasteiger partial charge >= 0.3 is 6.09 Å². The molecule has 0 spiro atoms. The van der Waals surface area contributed by atoms with Crippen molar-refractivity contribution in [3.8, 4) is 0 Å². The Labute approximate surface area is 175 Å². The van der Waals surface area contributed by atoms with Gasteiger partial charge in [0.1, 0.15) is 5.60 Å². The van der Waals surface area contributed by atoms with Crippen LogP contribution in [0.2, 0.25) is 0 Å². The van der Waals surface area contributed by atoms with E-state index in [0.29, 0.717) is 12.5 Å². The van der Waals surface area contributed by atoms with Crippen molar-refractivity contribution < 1.29 is 9.53 Å². The molecule has 0 aromatic carbocycles. The molecule has 1 saturated heterocycles. The second kappa shape index (κ2) is 11.2. The zero-order chi connectivity index (χ0) is 18.3. The van der Waals surface area contributed by atoms with Crippen molar-refractivity contribution in [2.45, 2.75) is 58.1 Å². The Morgan fingerprint density at radius 1 is 1.15 bits per heavy atom. The van der Waals surface area contributed by atoms with Crippen molar-refractivity contribution in [3.05, 3.63) is 0 Å². The van der Waals surface area contributed by atoms with Crippen LogP contribution >= 0.6 is 24.0 Å². The average molecular weight is 481 g/mol. The summed E-state index contributed by atoms with van der Waals surface area (Å²) in [7, 11) is 1.79. The van der Waals surface area contributed by atoms with E-state index in [1.807, 2.05) is 20.8 Å². The normalized spacial score (nSPS) is 21.1. The van der Waals surface area contributed by atoms with Gasteiger partial charge in [-0.3, -0.25) is 4.99 Å². The van der Waals surface area contributed by atoms with Gasteiger partial charge in [-0.2, -0.15) is 0 Å². The number of halogens is 1. The monoisotopic (exact) mass is 481 g/mol. The van der Waals surface area contributed by atoms with E-state index in [2.05, 4.69) is 25.8 Å². The molecule has 7 nitrogen and oxygen atoms in total. The van der Waals surface area contributed by atoms with E-state index in [4.69, 9.17) is 4.74 Å². The van der Waals surface area contributed by atoms with Gasteiger partial charge in [-0.05, 0) is 58.9 Å². The summed E-state index contributed by atoms with van der Waals surface area (Å²) in [5.74, 6) is 1.55. The minimum absolute atomic E-state index is 0. The molecule has 26 heavy (non-hydrogen) atoms. The maximum absolute atomic E-state index is 11.5. The molecule has 1 unspecified atom stereocenters. The molecule has 152 valence electrons. The van der Waals surface area contributed by atoms with Gasteiger partial charge in [-0.15, -0.1) is 24.0 Å². The Balaban J connectivity index is 0.00000338. The highest BCUT2D eigenvalue weighted by atomic mass is 127. The topological polar surface area (TPSA) is 78.0 Å². The molecule has 1 saturated carbocycles. The van der Waals surface area contributed by atoms with Gasteiger partial charge in [-0.25, -0.2) is 4.79 Å². The molecule has 0 aromatic rings. The van der Waals surface area contributed by atoms with E-state index >= 15 is 0 Å². The second-order valence-electron chi connectivity index (χ2n) is 8.04. The minimum Gasteiger partial charge on any atom is -0.444 e. The molecule has 0 bridgehead atoms. The predicted octanol–water partition coefficient (Wildman–Crippen LogP) is 2.17. The third-order valence-electron chi connectivity index (χ3n) is 4.48. The van der Waals surface area contributed by atoms with Crippen LogP contribution in [-0.4, -0.2) is 68.4 Å². The van der Waals surface area contributed by atoms with Crippen LogP contribution < -0.4 is 16.0 Å². The van der Waals surface area contributed by atoms with Crippen LogP contribution in [0.4, 0.5) is 4.79 Å². The number of hydrogen-bond acceptors (Lipinski definition) is 4. The number of nitrogens with one attached hydrogen (secondary N) is 3. The minimum atomic E-state index is -0.455. The number of amides is 1. The lowest BCUT2D eigenvalue weighted by molar-refractivity contribution is 0.0527.